The van der Waals surface area contributed by atoms with Gasteiger partial charge in [-0.05, 0) is 74.9 Å². The third-order valence-electron chi connectivity index (χ3n) is 4.60. The van der Waals surface area contributed by atoms with E-state index in [9.17, 15) is 18.0 Å². The molecule has 0 saturated carbocycles. The molecule has 3 aromatic carbocycles. The van der Waals surface area contributed by atoms with Gasteiger partial charge in [0.2, 0.25) is 10.0 Å². The molecule has 3 rings (SSSR count). The number of benzene rings is 3. The number of hydrogen-bond donors (Lipinski definition) is 3. The monoisotopic (exact) mass is 451 g/mol. The van der Waals surface area contributed by atoms with Crippen LogP contribution in [0.15, 0.2) is 77.7 Å². The zero-order valence-electron chi connectivity index (χ0n) is 18.0. The van der Waals surface area contributed by atoms with Gasteiger partial charge in [0.25, 0.3) is 11.8 Å². The topological polar surface area (TPSA) is 104 Å². The zero-order valence-corrected chi connectivity index (χ0v) is 18.9. The lowest BCUT2D eigenvalue weighted by atomic mass is 10.1. The summed E-state index contributed by atoms with van der Waals surface area (Å²) in [5.41, 5.74) is 2.68. The van der Waals surface area contributed by atoms with Crippen molar-refractivity contribution in [2.24, 2.45) is 0 Å². The summed E-state index contributed by atoms with van der Waals surface area (Å²) >= 11 is 0. The highest BCUT2D eigenvalue weighted by atomic mass is 32.2. The minimum atomic E-state index is -3.60. The van der Waals surface area contributed by atoms with Gasteiger partial charge < -0.3 is 10.6 Å². The first-order valence-corrected chi connectivity index (χ1v) is 11.5. The Morgan fingerprint density at radius 2 is 1.41 bits per heavy atom. The third kappa shape index (κ3) is 5.81. The van der Waals surface area contributed by atoms with E-state index in [-0.39, 0.29) is 22.8 Å². The van der Waals surface area contributed by atoms with E-state index >= 15 is 0 Å². The van der Waals surface area contributed by atoms with Crippen LogP contribution in [0.3, 0.4) is 0 Å². The van der Waals surface area contributed by atoms with Crippen molar-refractivity contribution < 1.29 is 18.0 Å². The molecule has 0 atom stereocenters. The summed E-state index contributed by atoms with van der Waals surface area (Å²) in [4.78, 5) is 25.3. The molecule has 0 radical (unpaired) electrons. The largest absolute Gasteiger partial charge is 0.322 e. The van der Waals surface area contributed by atoms with Crippen molar-refractivity contribution in [2.45, 2.75) is 31.7 Å². The van der Waals surface area contributed by atoms with Crippen molar-refractivity contribution in [1.29, 1.82) is 0 Å². The van der Waals surface area contributed by atoms with Gasteiger partial charge in [0.05, 0.1) is 4.90 Å². The molecule has 0 saturated heterocycles. The van der Waals surface area contributed by atoms with Crippen LogP contribution in [0.25, 0.3) is 0 Å². The molecule has 166 valence electrons. The van der Waals surface area contributed by atoms with E-state index in [0.717, 1.165) is 5.56 Å². The van der Waals surface area contributed by atoms with Crippen LogP contribution in [0, 0.1) is 6.92 Å². The van der Waals surface area contributed by atoms with Crippen molar-refractivity contribution in [3.8, 4) is 0 Å². The molecule has 7 nitrogen and oxygen atoms in total. The summed E-state index contributed by atoms with van der Waals surface area (Å²) in [5, 5.41) is 5.58. The molecule has 0 fully saturated rings. The molecular weight excluding hydrogens is 426 g/mol. The van der Waals surface area contributed by atoms with Gasteiger partial charge in [-0.25, -0.2) is 13.1 Å². The lowest BCUT2D eigenvalue weighted by molar-refractivity contribution is 0.101. The van der Waals surface area contributed by atoms with Crippen LogP contribution >= 0.6 is 0 Å². The van der Waals surface area contributed by atoms with Crippen LogP contribution in [-0.2, 0) is 10.0 Å². The second-order valence-electron chi connectivity index (χ2n) is 7.60. The number of hydrogen-bond acceptors (Lipinski definition) is 4. The smallest absolute Gasteiger partial charge is 0.255 e. The average molecular weight is 452 g/mol. The SMILES string of the molecule is Cc1ccc(C(=O)Nc2ccc(S(=O)(=O)NC(C)C)cc2)cc1NC(=O)c1ccccc1. The fraction of sp³-hybridized carbons (Fsp3) is 0.167. The highest BCUT2D eigenvalue weighted by Crippen LogP contribution is 2.20. The Morgan fingerprint density at radius 1 is 0.781 bits per heavy atom. The molecule has 0 spiro atoms. The second kappa shape index (κ2) is 9.76. The summed E-state index contributed by atoms with van der Waals surface area (Å²) in [5.74, 6) is -0.644. The molecule has 0 unspecified atom stereocenters. The van der Waals surface area contributed by atoms with Crippen LogP contribution < -0.4 is 15.4 Å². The van der Waals surface area contributed by atoms with E-state index in [0.29, 0.717) is 22.5 Å². The number of carbonyl (C=O) groups excluding carboxylic acids is 2. The summed E-state index contributed by atoms with van der Waals surface area (Å²) in [6, 6.07) is 19.5. The van der Waals surface area contributed by atoms with E-state index < -0.39 is 10.0 Å². The van der Waals surface area contributed by atoms with E-state index in [1.807, 2.05) is 13.0 Å². The highest BCUT2D eigenvalue weighted by molar-refractivity contribution is 7.89. The predicted octanol–water partition coefficient (Wildman–Crippen LogP) is 4.19. The fourth-order valence-electron chi connectivity index (χ4n) is 2.98. The van der Waals surface area contributed by atoms with Crippen molar-refractivity contribution in [3.63, 3.8) is 0 Å². The molecule has 0 aliphatic heterocycles. The van der Waals surface area contributed by atoms with Gasteiger partial charge >= 0.3 is 0 Å². The maximum Gasteiger partial charge on any atom is 0.255 e. The number of amides is 2. The molecule has 0 aromatic heterocycles. The third-order valence-corrected chi connectivity index (χ3v) is 6.27. The molecule has 0 bridgehead atoms. The maximum atomic E-state index is 12.7. The quantitative estimate of drug-likeness (QED) is 0.501. The maximum absolute atomic E-state index is 12.7. The highest BCUT2D eigenvalue weighted by Gasteiger charge is 2.16. The van der Waals surface area contributed by atoms with Crippen LogP contribution in [0.1, 0.15) is 40.1 Å². The molecule has 0 heterocycles. The molecule has 32 heavy (non-hydrogen) atoms. The molecular formula is C24H25N3O4S. The van der Waals surface area contributed by atoms with Crippen molar-refractivity contribution >= 4 is 33.2 Å². The Bertz CT molecular complexity index is 1220. The summed E-state index contributed by atoms with van der Waals surface area (Å²) in [7, 11) is -3.60. The first-order chi connectivity index (χ1) is 15.2. The Hall–Kier alpha value is -3.49. The van der Waals surface area contributed by atoms with E-state index in [2.05, 4.69) is 15.4 Å². The fourth-order valence-corrected chi connectivity index (χ4v) is 4.23. The number of aryl methyl sites for hydroxylation is 1. The Balaban J connectivity index is 1.73. The van der Waals surface area contributed by atoms with E-state index in [1.54, 1.807) is 56.3 Å². The average Bonchev–Trinajstić information content (AvgIpc) is 2.75. The number of sulfonamides is 1. The van der Waals surface area contributed by atoms with Gasteiger partial charge in [-0.2, -0.15) is 0 Å². The summed E-state index contributed by atoms with van der Waals surface area (Å²) in [6.45, 7) is 5.32. The zero-order chi connectivity index (χ0) is 23.3. The number of carbonyl (C=O) groups is 2. The van der Waals surface area contributed by atoms with Crippen molar-refractivity contribution in [1.82, 2.24) is 4.72 Å². The molecule has 3 aromatic rings. The Morgan fingerprint density at radius 3 is 2.03 bits per heavy atom. The van der Waals surface area contributed by atoms with Gasteiger partial charge in [-0.15, -0.1) is 0 Å². The lowest BCUT2D eigenvalue weighted by Gasteiger charge is -2.12. The minimum Gasteiger partial charge on any atom is -0.322 e. The lowest BCUT2D eigenvalue weighted by Crippen LogP contribution is -2.30. The van der Waals surface area contributed by atoms with E-state index in [4.69, 9.17) is 0 Å². The van der Waals surface area contributed by atoms with Crippen LogP contribution in [0.5, 0.6) is 0 Å². The molecule has 0 aliphatic carbocycles. The minimum absolute atomic E-state index is 0.116. The van der Waals surface area contributed by atoms with E-state index in [1.165, 1.54) is 24.3 Å². The van der Waals surface area contributed by atoms with Crippen molar-refractivity contribution in [3.05, 3.63) is 89.5 Å². The first kappa shape index (κ1) is 23.2. The predicted molar refractivity (Wildman–Crippen MR) is 125 cm³/mol. The first-order valence-electron chi connectivity index (χ1n) is 10.1. The van der Waals surface area contributed by atoms with Gasteiger partial charge in [-0.1, -0.05) is 24.3 Å². The number of rotatable bonds is 7. The molecule has 3 N–H and O–H groups in total. The number of anilines is 2. The standard InChI is InChI=1S/C24H25N3O4S/c1-16(2)27-32(30,31)21-13-11-20(12-14-21)25-24(29)19-10-9-17(3)22(15-19)26-23(28)18-7-5-4-6-8-18/h4-16,27H,1-3H3,(H,25,29)(H,26,28). The second-order valence-corrected chi connectivity index (χ2v) is 9.32. The van der Waals surface area contributed by atoms with Crippen molar-refractivity contribution in [2.75, 3.05) is 10.6 Å². The van der Waals surface area contributed by atoms with Crippen LogP contribution in [0.4, 0.5) is 11.4 Å². The molecule has 0 aliphatic rings. The molecule has 8 heteroatoms. The summed E-state index contributed by atoms with van der Waals surface area (Å²) in [6.07, 6.45) is 0. The molecule has 2 amide bonds. The van der Waals surface area contributed by atoms with Gasteiger partial charge in [-0.3, -0.25) is 9.59 Å². The normalized spacial score (nSPS) is 11.2. The van der Waals surface area contributed by atoms with Crippen LogP contribution in [0.2, 0.25) is 0 Å². The Labute approximate surface area is 187 Å². The van der Waals surface area contributed by atoms with Gasteiger partial charge in [0.1, 0.15) is 0 Å². The number of nitrogens with one attached hydrogen (secondary N) is 3. The Kier molecular flexibility index (Phi) is 7.07. The van der Waals surface area contributed by atoms with Gasteiger partial charge in [0.15, 0.2) is 0 Å². The van der Waals surface area contributed by atoms with Gasteiger partial charge in [0, 0.05) is 28.5 Å². The van der Waals surface area contributed by atoms with Crippen LogP contribution in [-0.4, -0.2) is 26.3 Å². The summed E-state index contributed by atoms with van der Waals surface area (Å²) < 4.78 is 27.0.